The number of carbonyl (C=O) groups excluding carboxylic acids is 1. The van der Waals surface area contributed by atoms with Crippen molar-refractivity contribution in [2.75, 3.05) is 7.05 Å². The highest BCUT2D eigenvalue weighted by Crippen LogP contribution is 2.06. The summed E-state index contributed by atoms with van der Waals surface area (Å²) in [4.78, 5) is 32.8. The molecule has 2 N–H and O–H groups in total. The van der Waals surface area contributed by atoms with E-state index in [1.54, 1.807) is 0 Å². The van der Waals surface area contributed by atoms with Crippen molar-refractivity contribution in [2.45, 2.75) is 25.8 Å². The van der Waals surface area contributed by atoms with Crippen LogP contribution in [0.3, 0.4) is 0 Å². The molecule has 1 amide bonds. The number of hydrogen-bond donors (Lipinski definition) is 2. The minimum Gasteiger partial charge on any atom is -0.481 e. The Morgan fingerprint density at radius 2 is 1.79 bits per heavy atom. The van der Waals surface area contributed by atoms with Gasteiger partial charge < -0.3 is 15.1 Å². The molecule has 0 aromatic heterocycles. The molecule has 6 heteroatoms. The van der Waals surface area contributed by atoms with E-state index in [9.17, 15) is 14.4 Å². The maximum Gasteiger partial charge on any atom is 0.326 e. The van der Waals surface area contributed by atoms with E-state index in [0.29, 0.717) is 0 Å². The first-order chi connectivity index (χ1) is 6.36. The van der Waals surface area contributed by atoms with Gasteiger partial charge in [0, 0.05) is 20.4 Å². The van der Waals surface area contributed by atoms with Gasteiger partial charge in [-0.1, -0.05) is 0 Å². The molecule has 0 spiro atoms. The molecule has 0 heterocycles. The summed E-state index contributed by atoms with van der Waals surface area (Å²) >= 11 is 0. The van der Waals surface area contributed by atoms with Gasteiger partial charge in [-0.3, -0.25) is 9.59 Å². The molecule has 6 nitrogen and oxygen atoms in total. The first-order valence-corrected chi connectivity index (χ1v) is 4.04. The van der Waals surface area contributed by atoms with E-state index >= 15 is 0 Å². The van der Waals surface area contributed by atoms with E-state index in [2.05, 4.69) is 0 Å². The standard InChI is InChI=1S/C8H13NO5/c1-5(10)9(2)6(8(13)14)3-4-7(11)12/h6H,3-4H2,1-2H3,(H,11,12)(H,13,14). The van der Waals surface area contributed by atoms with Gasteiger partial charge in [0.1, 0.15) is 6.04 Å². The van der Waals surface area contributed by atoms with Crippen LogP contribution in [-0.4, -0.2) is 46.0 Å². The zero-order valence-electron chi connectivity index (χ0n) is 8.06. The van der Waals surface area contributed by atoms with Crippen LogP contribution in [0.1, 0.15) is 19.8 Å². The van der Waals surface area contributed by atoms with Gasteiger partial charge in [0.15, 0.2) is 0 Å². The fraction of sp³-hybridized carbons (Fsp3) is 0.625. The quantitative estimate of drug-likeness (QED) is 0.644. The predicted octanol–water partition coefficient (Wildman–Crippen LogP) is -0.217. The van der Waals surface area contributed by atoms with Crippen molar-refractivity contribution < 1.29 is 24.6 Å². The number of amides is 1. The maximum atomic E-state index is 10.8. The van der Waals surface area contributed by atoms with Crippen LogP contribution < -0.4 is 0 Å². The Bertz CT molecular complexity index is 250. The highest BCUT2D eigenvalue weighted by Gasteiger charge is 2.24. The Hall–Kier alpha value is -1.59. The van der Waals surface area contributed by atoms with Crippen molar-refractivity contribution in [3.05, 3.63) is 0 Å². The minimum absolute atomic E-state index is 0.0826. The fourth-order valence-electron chi connectivity index (χ4n) is 0.962. The van der Waals surface area contributed by atoms with Crippen LogP contribution in [-0.2, 0) is 14.4 Å². The average Bonchev–Trinajstić information content (AvgIpc) is 2.02. The van der Waals surface area contributed by atoms with Gasteiger partial charge in [0.2, 0.25) is 5.91 Å². The summed E-state index contributed by atoms with van der Waals surface area (Å²) in [6, 6.07) is -1.07. The number of hydrogen-bond acceptors (Lipinski definition) is 3. The third-order valence-corrected chi connectivity index (χ3v) is 1.88. The van der Waals surface area contributed by atoms with Crippen LogP contribution in [0, 0.1) is 0 Å². The Kier molecular flexibility index (Phi) is 4.62. The fourth-order valence-corrected chi connectivity index (χ4v) is 0.962. The molecule has 0 aliphatic carbocycles. The lowest BCUT2D eigenvalue weighted by Crippen LogP contribution is -2.41. The van der Waals surface area contributed by atoms with Crippen molar-refractivity contribution in [3.63, 3.8) is 0 Å². The van der Waals surface area contributed by atoms with E-state index in [0.717, 1.165) is 4.90 Å². The van der Waals surface area contributed by atoms with E-state index in [1.165, 1.54) is 14.0 Å². The van der Waals surface area contributed by atoms with Crippen LogP contribution in [0.15, 0.2) is 0 Å². The summed E-state index contributed by atoms with van der Waals surface area (Å²) in [5.41, 5.74) is 0. The van der Waals surface area contributed by atoms with E-state index in [-0.39, 0.29) is 12.8 Å². The van der Waals surface area contributed by atoms with E-state index in [1.807, 2.05) is 0 Å². The highest BCUT2D eigenvalue weighted by molar-refractivity contribution is 5.82. The smallest absolute Gasteiger partial charge is 0.326 e. The summed E-state index contributed by atoms with van der Waals surface area (Å²) in [6.45, 7) is 1.23. The largest absolute Gasteiger partial charge is 0.481 e. The molecule has 80 valence electrons. The van der Waals surface area contributed by atoms with Crippen molar-refractivity contribution >= 4 is 17.8 Å². The molecule has 0 saturated carbocycles. The van der Waals surface area contributed by atoms with Gasteiger partial charge in [-0.05, 0) is 6.42 Å². The molecule has 14 heavy (non-hydrogen) atoms. The molecule has 0 radical (unpaired) electrons. The first-order valence-electron chi connectivity index (χ1n) is 4.04. The second-order valence-corrected chi connectivity index (χ2v) is 2.92. The molecule has 0 aliphatic rings. The topological polar surface area (TPSA) is 94.9 Å². The second kappa shape index (κ2) is 5.21. The molecule has 0 bridgehead atoms. The minimum atomic E-state index is -1.19. The summed E-state index contributed by atoms with van der Waals surface area (Å²) in [5.74, 6) is -2.67. The lowest BCUT2D eigenvalue weighted by molar-refractivity contribution is -0.149. The average molecular weight is 203 g/mol. The molecule has 0 aliphatic heterocycles. The number of carboxylic acids is 2. The molecular formula is C8H13NO5. The summed E-state index contributed by atoms with van der Waals surface area (Å²) < 4.78 is 0. The van der Waals surface area contributed by atoms with Crippen LogP contribution in [0.25, 0.3) is 0 Å². The first kappa shape index (κ1) is 12.4. The number of nitrogens with zero attached hydrogens (tertiary/aromatic N) is 1. The predicted molar refractivity (Wildman–Crippen MR) is 46.7 cm³/mol. The van der Waals surface area contributed by atoms with Gasteiger partial charge in [-0.15, -0.1) is 0 Å². The van der Waals surface area contributed by atoms with Gasteiger partial charge in [-0.2, -0.15) is 0 Å². The molecule has 0 saturated heterocycles. The number of carboxylic acid groups (broad SMARTS) is 2. The molecule has 0 fully saturated rings. The molecular weight excluding hydrogens is 190 g/mol. The van der Waals surface area contributed by atoms with Gasteiger partial charge in [-0.25, -0.2) is 4.79 Å². The van der Waals surface area contributed by atoms with Crippen LogP contribution in [0.5, 0.6) is 0 Å². The Morgan fingerprint density at radius 3 is 2.07 bits per heavy atom. The monoisotopic (exact) mass is 203 g/mol. The van der Waals surface area contributed by atoms with Crippen molar-refractivity contribution in [1.82, 2.24) is 4.90 Å². The van der Waals surface area contributed by atoms with Crippen molar-refractivity contribution in [3.8, 4) is 0 Å². The summed E-state index contributed by atoms with van der Waals surface area (Å²) in [6.07, 6.45) is -0.352. The number of carbonyl (C=O) groups is 3. The van der Waals surface area contributed by atoms with Crippen LogP contribution in [0.2, 0.25) is 0 Å². The maximum absolute atomic E-state index is 10.8. The van der Waals surface area contributed by atoms with E-state index in [4.69, 9.17) is 10.2 Å². The Balaban J connectivity index is 4.37. The molecule has 1 unspecified atom stereocenters. The molecule has 0 aromatic rings. The van der Waals surface area contributed by atoms with Gasteiger partial charge in [0.05, 0.1) is 0 Å². The Labute approximate surface area is 81.1 Å². The normalized spacial score (nSPS) is 11.9. The van der Waals surface area contributed by atoms with E-state index < -0.39 is 23.9 Å². The second-order valence-electron chi connectivity index (χ2n) is 2.92. The molecule has 1 atom stereocenters. The Morgan fingerprint density at radius 1 is 1.29 bits per heavy atom. The van der Waals surface area contributed by atoms with Crippen LogP contribution in [0.4, 0.5) is 0 Å². The molecule has 0 rings (SSSR count). The number of likely N-dealkylation sites (N-methyl/N-ethyl adjacent to an activating group) is 1. The highest BCUT2D eigenvalue weighted by atomic mass is 16.4. The zero-order valence-corrected chi connectivity index (χ0v) is 8.06. The zero-order chi connectivity index (χ0) is 11.3. The molecule has 0 aromatic carbocycles. The summed E-state index contributed by atoms with van der Waals surface area (Å²) in [5, 5.41) is 17.1. The number of rotatable bonds is 5. The summed E-state index contributed by atoms with van der Waals surface area (Å²) in [7, 11) is 1.34. The van der Waals surface area contributed by atoms with Crippen LogP contribution >= 0.6 is 0 Å². The SMILES string of the molecule is CC(=O)N(C)C(CCC(=O)O)C(=O)O. The van der Waals surface area contributed by atoms with Gasteiger partial charge in [0.25, 0.3) is 0 Å². The lowest BCUT2D eigenvalue weighted by Gasteiger charge is -2.22. The third kappa shape index (κ3) is 3.88. The van der Waals surface area contributed by atoms with Gasteiger partial charge >= 0.3 is 11.9 Å². The van der Waals surface area contributed by atoms with Crippen molar-refractivity contribution in [2.24, 2.45) is 0 Å². The third-order valence-electron chi connectivity index (χ3n) is 1.88. The number of aliphatic carboxylic acids is 2. The van der Waals surface area contributed by atoms with Crippen molar-refractivity contribution in [1.29, 1.82) is 0 Å². The lowest BCUT2D eigenvalue weighted by atomic mass is 10.1.